The molecule has 26 heavy (non-hydrogen) atoms. The van der Waals surface area contributed by atoms with Crippen LogP contribution in [0.4, 0.5) is 0 Å². The van der Waals surface area contributed by atoms with E-state index in [2.05, 4.69) is 11.8 Å². The molecule has 1 amide bonds. The lowest BCUT2D eigenvalue weighted by Crippen LogP contribution is -2.52. The summed E-state index contributed by atoms with van der Waals surface area (Å²) in [6.07, 6.45) is 6.96. The van der Waals surface area contributed by atoms with Gasteiger partial charge in [0, 0.05) is 32.2 Å². The molecule has 1 aliphatic heterocycles. The van der Waals surface area contributed by atoms with Gasteiger partial charge in [-0.15, -0.1) is 0 Å². The molecule has 2 aliphatic rings. The molecule has 1 saturated heterocycles. The number of aliphatic carboxylic acids is 2. The molecule has 3 rings (SSSR count). The summed E-state index contributed by atoms with van der Waals surface area (Å²) in [4.78, 5) is 34.9. The van der Waals surface area contributed by atoms with Crippen LogP contribution in [0.25, 0.3) is 0 Å². The van der Waals surface area contributed by atoms with Gasteiger partial charge >= 0.3 is 11.9 Å². The summed E-state index contributed by atoms with van der Waals surface area (Å²) in [6, 6.07) is 4.25. The van der Waals surface area contributed by atoms with Gasteiger partial charge in [-0.25, -0.2) is 9.59 Å². The summed E-state index contributed by atoms with van der Waals surface area (Å²) in [5.74, 6) is -2.29. The molecule has 1 aromatic heterocycles. The first-order valence-electron chi connectivity index (χ1n) is 8.91. The highest BCUT2D eigenvalue weighted by Gasteiger charge is 2.29. The second-order valence-electron chi connectivity index (χ2n) is 6.84. The Morgan fingerprint density at radius 3 is 2.23 bits per heavy atom. The van der Waals surface area contributed by atoms with Gasteiger partial charge in [0.05, 0.1) is 6.26 Å². The molecule has 1 saturated carbocycles. The first-order valence-corrected chi connectivity index (χ1v) is 8.91. The van der Waals surface area contributed by atoms with E-state index in [0.29, 0.717) is 5.76 Å². The third-order valence-corrected chi connectivity index (χ3v) is 4.94. The van der Waals surface area contributed by atoms with Crippen molar-refractivity contribution in [2.45, 2.75) is 38.6 Å². The smallest absolute Gasteiger partial charge is 0.414 e. The fourth-order valence-electron chi connectivity index (χ4n) is 3.58. The summed E-state index contributed by atoms with van der Waals surface area (Å²) < 4.78 is 5.20. The van der Waals surface area contributed by atoms with Gasteiger partial charge in [0.15, 0.2) is 5.76 Å². The first kappa shape index (κ1) is 20.0. The lowest BCUT2D eigenvalue weighted by molar-refractivity contribution is -0.159. The Hall–Kier alpha value is -2.35. The Morgan fingerprint density at radius 1 is 1.08 bits per heavy atom. The van der Waals surface area contributed by atoms with E-state index in [4.69, 9.17) is 24.2 Å². The number of carbonyl (C=O) groups excluding carboxylic acids is 1. The van der Waals surface area contributed by atoms with Gasteiger partial charge in [-0.3, -0.25) is 9.69 Å². The van der Waals surface area contributed by atoms with Crippen molar-refractivity contribution >= 4 is 17.8 Å². The van der Waals surface area contributed by atoms with Crippen LogP contribution in [0.5, 0.6) is 0 Å². The second-order valence-corrected chi connectivity index (χ2v) is 6.84. The van der Waals surface area contributed by atoms with Crippen LogP contribution < -0.4 is 0 Å². The summed E-state index contributed by atoms with van der Waals surface area (Å²) in [7, 11) is 0. The van der Waals surface area contributed by atoms with E-state index < -0.39 is 11.9 Å². The molecule has 8 heteroatoms. The number of nitrogens with zero attached hydrogens (tertiary/aromatic N) is 2. The van der Waals surface area contributed by atoms with Gasteiger partial charge in [-0.2, -0.15) is 0 Å². The zero-order valence-electron chi connectivity index (χ0n) is 15.0. The predicted octanol–water partition coefficient (Wildman–Crippen LogP) is 1.77. The number of amides is 1. The van der Waals surface area contributed by atoms with Gasteiger partial charge in [-0.05, 0) is 30.9 Å². The molecule has 0 aromatic carbocycles. The Labute approximate surface area is 152 Å². The third-order valence-electron chi connectivity index (χ3n) is 4.94. The minimum atomic E-state index is -1.82. The van der Waals surface area contributed by atoms with E-state index in [1.807, 2.05) is 4.90 Å². The number of carboxylic acid groups (broad SMARTS) is 2. The van der Waals surface area contributed by atoms with Crippen molar-refractivity contribution in [3.63, 3.8) is 0 Å². The molecule has 2 unspecified atom stereocenters. The van der Waals surface area contributed by atoms with Gasteiger partial charge in [0.2, 0.25) is 0 Å². The number of carbonyl (C=O) groups is 3. The maximum absolute atomic E-state index is 12.2. The van der Waals surface area contributed by atoms with Crippen LogP contribution in [0.1, 0.15) is 43.2 Å². The molecular weight excluding hydrogens is 340 g/mol. The van der Waals surface area contributed by atoms with Crippen molar-refractivity contribution in [3.05, 3.63) is 24.2 Å². The van der Waals surface area contributed by atoms with Gasteiger partial charge in [0.1, 0.15) is 0 Å². The molecule has 1 aromatic rings. The average molecular weight is 366 g/mol. The molecule has 2 N–H and O–H groups in total. The van der Waals surface area contributed by atoms with Gasteiger partial charge in [0.25, 0.3) is 5.91 Å². The zero-order chi connectivity index (χ0) is 19.1. The van der Waals surface area contributed by atoms with Crippen LogP contribution in [0, 0.1) is 5.92 Å². The molecule has 0 spiro atoms. The van der Waals surface area contributed by atoms with E-state index in [9.17, 15) is 4.79 Å². The molecule has 2 atom stereocenters. The maximum atomic E-state index is 12.2. The Balaban J connectivity index is 0.000000352. The van der Waals surface area contributed by atoms with Crippen LogP contribution in [0.3, 0.4) is 0 Å². The predicted molar refractivity (Wildman–Crippen MR) is 92.9 cm³/mol. The monoisotopic (exact) mass is 366 g/mol. The minimum Gasteiger partial charge on any atom is -0.473 e. The van der Waals surface area contributed by atoms with Crippen molar-refractivity contribution in [3.8, 4) is 0 Å². The summed E-state index contributed by atoms with van der Waals surface area (Å²) in [5, 5.41) is 14.8. The Morgan fingerprint density at radius 2 is 1.73 bits per heavy atom. The summed E-state index contributed by atoms with van der Waals surface area (Å²) in [5.41, 5.74) is 0. The van der Waals surface area contributed by atoms with E-state index in [-0.39, 0.29) is 5.91 Å². The Bertz CT molecular complexity index is 595. The van der Waals surface area contributed by atoms with Crippen LogP contribution in [-0.4, -0.2) is 70.1 Å². The van der Waals surface area contributed by atoms with E-state index in [0.717, 1.165) is 38.1 Å². The van der Waals surface area contributed by atoms with Crippen LogP contribution in [0.2, 0.25) is 0 Å². The highest BCUT2D eigenvalue weighted by Crippen LogP contribution is 2.28. The molecule has 0 radical (unpaired) electrons. The fraction of sp³-hybridized carbons (Fsp3) is 0.611. The number of hydrogen-bond acceptors (Lipinski definition) is 5. The highest BCUT2D eigenvalue weighted by atomic mass is 16.4. The maximum Gasteiger partial charge on any atom is 0.414 e. The quantitative estimate of drug-likeness (QED) is 0.767. The number of furan rings is 1. The fourth-order valence-corrected chi connectivity index (χ4v) is 3.58. The number of hydrogen-bond donors (Lipinski definition) is 2. The van der Waals surface area contributed by atoms with Gasteiger partial charge < -0.3 is 19.5 Å². The second kappa shape index (κ2) is 9.38. The SMILES string of the molecule is CC1CCCC(N2CCN(C(=O)c3ccco3)CC2)C1.O=C(O)C(=O)O. The normalized spacial score (nSPS) is 23.7. The van der Waals surface area contributed by atoms with Crippen LogP contribution in [0.15, 0.2) is 22.8 Å². The van der Waals surface area contributed by atoms with Crippen LogP contribution >= 0.6 is 0 Å². The lowest BCUT2D eigenvalue weighted by Gasteiger charge is -2.41. The van der Waals surface area contributed by atoms with Crippen molar-refractivity contribution in [2.75, 3.05) is 26.2 Å². The van der Waals surface area contributed by atoms with Crippen molar-refractivity contribution in [2.24, 2.45) is 5.92 Å². The molecule has 144 valence electrons. The summed E-state index contributed by atoms with van der Waals surface area (Å²) in [6.45, 7) is 6.02. The number of rotatable bonds is 2. The molecule has 0 bridgehead atoms. The first-order chi connectivity index (χ1) is 12.4. The topological polar surface area (TPSA) is 111 Å². The molecule has 1 aliphatic carbocycles. The Kier molecular flexibility index (Phi) is 7.20. The van der Waals surface area contributed by atoms with Crippen molar-refractivity contribution in [1.29, 1.82) is 0 Å². The zero-order valence-corrected chi connectivity index (χ0v) is 15.0. The summed E-state index contributed by atoms with van der Waals surface area (Å²) >= 11 is 0. The highest BCUT2D eigenvalue weighted by molar-refractivity contribution is 6.27. The molecule has 8 nitrogen and oxygen atoms in total. The average Bonchev–Trinajstić information content (AvgIpc) is 3.16. The van der Waals surface area contributed by atoms with Crippen LogP contribution in [-0.2, 0) is 9.59 Å². The van der Waals surface area contributed by atoms with Gasteiger partial charge in [-0.1, -0.05) is 19.8 Å². The lowest BCUT2D eigenvalue weighted by atomic mass is 9.86. The van der Waals surface area contributed by atoms with E-state index >= 15 is 0 Å². The number of piperazine rings is 1. The van der Waals surface area contributed by atoms with E-state index in [1.165, 1.54) is 25.7 Å². The number of carboxylic acids is 2. The van der Waals surface area contributed by atoms with Crippen molar-refractivity contribution < 1.29 is 29.0 Å². The molecular formula is C18H26N2O6. The third kappa shape index (κ3) is 5.59. The molecule has 2 fully saturated rings. The van der Waals surface area contributed by atoms with E-state index in [1.54, 1.807) is 18.4 Å². The standard InChI is InChI=1S/C16H24N2O2.C2H2O4/c1-13-4-2-5-14(12-13)17-7-9-18(10-8-17)16(19)15-6-3-11-20-15;3-1(4)2(5)6/h3,6,11,13-14H,2,4-5,7-10,12H2,1H3;(H,3,4)(H,5,6). The largest absolute Gasteiger partial charge is 0.473 e. The molecule has 2 heterocycles. The van der Waals surface area contributed by atoms with Crippen molar-refractivity contribution in [1.82, 2.24) is 9.80 Å². The minimum absolute atomic E-state index is 0.0339.